The van der Waals surface area contributed by atoms with Gasteiger partial charge in [0.05, 0.1) is 6.04 Å². The topological polar surface area (TPSA) is 42.0 Å². The molecule has 1 aliphatic heterocycles. The molecule has 1 aromatic heterocycles. The number of pyridine rings is 1. The number of aryl methyl sites for hydroxylation is 1. The molecule has 16 heavy (non-hydrogen) atoms. The molecule has 1 saturated heterocycles. The lowest BCUT2D eigenvalue weighted by atomic mass is 10.0. The van der Waals surface area contributed by atoms with Crippen LogP contribution < -0.4 is 5.32 Å². The number of Topliss-reactive ketones (excluding diaryl/α,β-unsaturated/α-hetero) is 1. The fraction of sp³-hybridized carbons (Fsp3) is 0.538. The van der Waals surface area contributed by atoms with E-state index >= 15 is 0 Å². The van der Waals surface area contributed by atoms with Crippen LogP contribution >= 0.6 is 0 Å². The lowest BCUT2D eigenvalue weighted by Gasteiger charge is -2.14. The van der Waals surface area contributed by atoms with Crippen LogP contribution in [-0.2, 0) is 0 Å². The van der Waals surface area contributed by atoms with Crippen LogP contribution in [0.3, 0.4) is 0 Å². The highest BCUT2D eigenvalue weighted by molar-refractivity contribution is 5.99. The van der Waals surface area contributed by atoms with Crippen LogP contribution in [0, 0.1) is 6.92 Å². The van der Waals surface area contributed by atoms with Gasteiger partial charge in [-0.25, -0.2) is 0 Å². The van der Waals surface area contributed by atoms with Gasteiger partial charge in [0.25, 0.3) is 0 Å². The summed E-state index contributed by atoms with van der Waals surface area (Å²) in [6.45, 7) is 2.88. The van der Waals surface area contributed by atoms with E-state index in [2.05, 4.69) is 10.3 Å². The summed E-state index contributed by atoms with van der Waals surface area (Å²) in [7, 11) is 0. The highest BCUT2D eigenvalue weighted by atomic mass is 16.1. The number of hydrogen-bond acceptors (Lipinski definition) is 3. The largest absolute Gasteiger partial charge is 0.307 e. The number of aromatic nitrogens is 1. The average molecular weight is 218 g/mol. The van der Waals surface area contributed by atoms with E-state index in [1.54, 1.807) is 6.20 Å². The molecule has 2 rings (SSSR count). The maximum atomic E-state index is 12.2. The Bertz CT molecular complexity index is 351. The Balaban J connectivity index is 2.08. The Morgan fingerprint density at radius 2 is 2.25 bits per heavy atom. The van der Waals surface area contributed by atoms with Crippen LogP contribution in [0.4, 0.5) is 0 Å². The van der Waals surface area contributed by atoms with Gasteiger partial charge in [-0.3, -0.25) is 9.78 Å². The second kappa shape index (κ2) is 5.21. The van der Waals surface area contributed by atoms with Gasteiger partial charge in [-0.15, -0.1) is 0 Å². The van der Waals surface area contributed by atoms with Gasteiger partial charge in [0.15, 0.2) is 5.78 Å². The minimum absolute atomic E-state index is 0.00740. The van der Waals surface area contributed by atoms with Crippen molar-refractivity contribution in [1.82, 2.24) is 10.3 Å². The highest BCUT2D eigenvalue weighted by Gasteiger charge is 2.20. The molecule has 0 aromatic carbocycles. The second-order valence-electron chi connectivity index (χ2n) is 4.41. The van der Waals surface area contributed by atoms with Gasteiger partial charge in [-0.1, -0.05) is 12.8 Å². The molecule has 1 unspecified atom stereocenters. The standard InChI is InChI=1S/C13H18N2O/c1-10-6-7-11(9-15-10)13(16)12-5-3-2-4-8-14-12/h6-7,9,12,14H,2-5,8H2,1H3. The summed E-state index contributed by atoms with van der Waals surface area (Å²) in [6, 6.07) is 3.76. The molecule has 1 fully saturated rings. The molecule has 86 valence electrons. The first-order chi connectivity index (χ1) is 7.77. The number of carbonyl (C=O) groups is 1. The quantitative estimate of drug-likeness (QED) is 0.773. The zero-order valence-electron chi connectivity index (χ0n) is 9.70. The molecule has 3 nitrogen and oxygen atoms in total. The first kappa shape index (κ1) is 11.3. The van der Waals surface area contributed by atoms with Crippen molar-refractivity contribution in [3.63, 3.8) is 0 Å². The average Bonchev–Trinajstić information content (AvgIpc) is 2.57. The van der Waals surface area contributed by atoms with Gasteiger partial charge in [0.2, 0.25) is 0 Å². The molecule has 1 aromatic rings. The predicted molar refractivity (Wildman–Crippen MR) is 63.6 cm³/mol. The van der Waals surface area contributed by atoms with Crippen molar-refractivity contribution < 1.29 is 4.79 Å². The van der Waals surface area contributed by atoms with Gasteiger partial charge in [0, 0.05) is 17.5 Å². The minimum atomic E-state index is -0.00740. The molecule has 0 radical (unpaired) electrons. The van der Waals surface area contributed by atoms with E-state index in [9.17, 15) is 4.79 Å². The Labute approximate surface area is 96.3 Å². The van der Waals surface area contributed by atoms with E-state index in [1.807, 2.05) is 19.1 Å². The molecule has 0 spiro atoms. The molecule has 0 saturated carbocycles. The molecular formula is C13H18N2O. The summed E-state index contributed by atoms with van der Waals surface area (Å²) in [5, 5.41) is 3.32. The summed E-state index contributed by atoms with van der Waals surface area (Å²) in [6.07, 6.45) is 6.18. The molecule has 1 N–H and O–H groups in total. The normalized spacial score (nSPS) is 21.4. The molecule has 0 amide bonds. The van der Waals surface area contributed by atoms with Crippen LogP contribution in [0.5, 0.6) is 0 Å². The van der Waals surface area contributed by atoms with Crippen LogP contribution in [-0.4, -0.2) is 23.4 Å². The number of nitrogens with one attached hydrogen (secondary N) is 1. The smallest absolute Gasteiger partial charge is 0.181 e. The van der Waals surface area contributed by atoms with Crippen molar-refractivity contribution in [3.8, 4) is 0 Å². The Hall–Kier alpha value is -1.22. The summed E-state index contributed by atoms with van der Waals surface area (Å²) in [4.78, 5) is 16.3. The third kappa shape index (κ3) is 2.67. The number of rotatable bonds is 2. The van der Waals surface area contributed by atoms with E-state index < -0.39 is 0 Å². The Morgan fingerprint density at radius 3 is 3.00 bits per heavy atom. The second-order valence-corrected chi connectivity index (χ2v) is 4.41. The van der Waals surface area contributed by atoms with E-state index in [1.165, 1.54) is 12.8 Å². The molecule has 1 aliphatic rings. The van der Waals surface area contributed by atoms with Crippen LogP contribution in [0.1, 0.15) is 41.7 Å². The summed E-state index contributed by atoms with van der Waals surface area (Å²) >= 11 is 0. The summed E-state index contributed by atoms with van der Waals surface area (Å²) < 4.78 is 0. The number of ketones is 1. The first-order valence-electron chi connectivity index (χ1n) is 5.97. The zero-order valence-corrected chi connectivity index (χ0v) is 9.70. The summed E-state index contributed by atoms with van der Waals surface area (Å²) in [5.41, 5.74) is 1.68. The monoisotopic (exact) mass is 218 g/mol. The lowest BCUT2D eigenvalue weighted by molar-refractivity contribution is 0.0940. The predicted octanol–water partition coefficient (Wildman–Crippen LogP) is 2.10. The molecule has 0 bridgehead atoms. The van der Waals surface area contributed by atoms with E-state index in [4.69, 9.17) is 0 Å². The highest BCUT2D eigenvalue weighted by Crippen LogP contribution is 2.13. The van der Waals surface area contributed by atoms with Crippen molar-refractivity contribution in [2.24, 2.45) is 0 Å². The zero-order chi connectivity index (χ0) is 11.4. The maximum absolute atomic E-state index is 12.2. The van der Waals surface area contributed by atoms with Crippen molar-refractivity contribution in [3.05, 3.63) is 29.6 Å². The Morgan fingerprint density at radius 1 is 1.38 bits per heavy atom. The van der Waals surface area contributed by atoms with Crippen LogP contribution in [0.2, 0.25) is 0 Å². The third-order valence-electron chi connectivity index (χ3n) is 3.07. The minimum Gasteiger partial charge on any atom is -0.307 e. The molecule has 3 heteroatoms. The van der Waals surface area contributed by atoms with Crippen molar-refractivity contribution in [2.45, 2.75) is 38.6 Å². The van der Waals surface area contributed by atoms with Gasteiger partial charge >= 0.3 is 0 Å². The number of carbonyl (C=O) groups excluding carboxylic acids is 1. The maximum Gasteiger partial charge on any atom is 0.181 e. The van der Waals surface area contributed by atoms with Crippen molar-refractivity contribution >= 4 is 5.78 Å². The first-order valence-corrected chi connectivity index (χ1v) is 5.97. The summed E-state index contributed by atoms with van der Waals surface area (Å²) in [5.74, 6) is 0.189. The lowest BCUT2D eigenvalue weighted by Crippen LogP contribution is -2.36. The van der Waals surface area contributed by atoms with Crippen molar-refractivity contribution in [1.29, 1.82) is 0 Å². The van der Waals surface area contributed by atoms with Gasteiger partial charge in [0.1, 0.15) is 0 Å². The number of nitrogens with zero attached hydrogens (tertiary/aromatic N) is 1. The molecule has 0 aliphatic carbocycles. The van der Waals surface area contributed by atoms with E-state index in [0.29, 0.717) is 0 Å². The van der Waals surface area contributed by atoms with Gasteiger partial charge in [-0.2, -0.15) is 0 Å². The number of hydrogen-bond donors (Lipinski definition) is 1. The SMILES string of the molecule is Cc1ccc(C(=O)C2CCCCCN2)cn1. The van der Waals surface area contributed by atoms with Gasteiger partial charge in [-0.05, 0) is 38.4 Å². The molecule has 1 atom stereocenters. The fourth-order valence-corrected chi connectivity index (χ4v) is 2.07. The molecular weight excluding hydrogens is 200 g/mol. The van der Waals surface area contributed by atoms with E-state index in [0.717, 1.165) is 30.6 Å². The molecule has 2 heterocycles. The van der Waals surface area contributed by atoms with Crippen LogP contribution in [0.15, 0.2) is 18.3 Å². The van der Waals surface area contributed by atoms with E-state index in [-0.39, 0.29) is 11.8 Å². The fourth-order valence-electron chi connectivity index (χ4n) is 2.07. The van der Waals surface area contributed by atoms with Gasteiger partial charge < -0.3 is 5.32 Å². The van der Waals surface area contributed by atoms with Crippen molar-refractivity contribution in [2.75, 3.05) is 6.54 Å². The third-order valence-corrected chi connectivity index (χ3v) is 3.07. The van der Waals surface area contributed by atoms with Crippen LogP contribution in [0.25, 0.3) is 0 Å². The Kier molecular flexibility index (Phi) is 3.67.